The zero-order valence-corrected chi connectivity index (χ0v) is 17.8. The molecular formula is C22H27N3O2S. The molecule has 148 valence electrons. The average Bonchev–Trinajstić information content (AvgIpc) is 3.13. The van der Waals surface area contributed by atoms with Crippen LogP contribution in [0.2, 0.25) is 0 Å². The molecule has 0 spiro atoms. The largest absolute Gasteiger partial charge is 0.497 e. The van der Waals surface area contributed by atoms with Gasteiger partial charge < -0.3 is 14.4 Å². The van der Waals surface area contributed by atoms with Crippen molar-refractivity contribution >= 4 is 26.7 Å². The van der Waals surface area contributed by atoms with Gasteiger partial charge in [0.25, 0.3) is 0 Å². The van der Waals surface area contributed by atoms with Gasteiger partial charge in [-0.25, -0.2) is 4.98 Å². The number of ether oxygens (including phenoxy) is 2. The molecule has 0 bridgehead atoms. The number of methoxy groups -OCH3 is 2. The summed E-state index contributed by atoms with van der Waals surface area (Å²) in [6.45, 7) is 9.18. The summed E-state index contributed by atoms with van der Waals surface area (Å²) in [4.78, 5) is 9.79. The maximum absolute atomic E-state index is 5.53. The predicted molar refractivity (Wildman–Crippen MR) is 116 cm³/mol. The Kier molecular flexibility index (Phi) is 5.42. The molecule has 1 saturated heterocycles. The molecule has 0 aliphatic carbocycles. The van der Waals surface area contributed by atoms with Crippen LogP contribution in [0.5, 0.6) is 11.5 Å². The van der Waals surface area contributed by atoms with Crippen LogP contribution in [0.4, 0.5) is 5.13 Å². The third-order valence-corrected chi connectivity index (χ3v) is 6.60. The molecule has 5 nitrogen and oxygen atoms in total. The smallest absolute Gasteiger partial charge is 0.186 e. The Balaban J connectivity index is 1.45. The van der Waals surface area contributed by atoms with Gasteiger partial charge in [0.15, 0.2) is 5.13 Å². The van der Waals surface area contributed by atoms with E-state index in [4.69, 9.17) is 14.5 Å². The van der Waals surface area contributed by atoms with Crippen LogP contribution in [0.1, 0.15) is 16.7 Å². The van der Waals surface area contributed by atoms with E-state index < -0.39 is 0 Å². The first-order valence-corrected chi connectivity index (χ1v) is 10.4. The van der Waals surface area contributed by atoms with Gasteiger partial charge in [-0.3, -0.25) is 4.90 Å². The second-order valence-electron chi connectivity index (χ2n) is 7.37. The number of benzene rings is 2. The molecule has 2 aromatic carbocycles. The van der Waals surface area contributed by atoms with E-state index in [0.717, 1.165) is 54.9 Å². The van der Waals surface area contributed by atoms with Crippen LogP contribution in [-0.2, 0) is 6.54 Å². The number of thiazole rings is 1. The second kappa shape index (κ2) is 7.97. The van der Waals surface area contributed by atoms with E-state index in [9.17, 15) is 0 Å². The number of hydrogen-bond acceptors (Lipinski definition) is 6. The van der Waals surface area contributed by atoms with Crippen LogP contribution >= 0.6 is 11.3 Å². The third-order valence-electron chi connectivity index (χ3n) is 5.33. The number of hydrogen-bond donors (Lipinski definition) is 0. The maximum Gasteiger partial charge on any atom is 0.186 e. The molecule has 2 heterocycles. The highest BCUT2D eigenvalue weighted by atomic mass is 32.1. The normalized spacial score (nSPS) is 15.2. The van der Waals surface area contributed by atoms with E-state index in [1.807, 2.05) is 23.5 Å². The molecule has 3 aromatic rings. The quantitative estimate of drug-likeness (QED) is 0.643. The van der Waals surface area contributed by atoms with Crippen LogP contribution in [0, 0.1) is 13.8 Å². The van der Waals surface area contributed by atoms with Gasteiger partial charge in [-0.1, -0.05) is 17.4 Å². The Morgan fingerprint density at radius 3 is 2.50 bits per heavy atom. The third kappa shape index (κ3) is 3.80. The van der Waals surface area contributed by atoms with E-state index in [-0.39, 0.29) is 0 Å². The molecule has 0 saturated carbocycles. The van der Waals surface area contributed by atoms with Crippen molar-refractivity contribution in [1.29, 1.82) is 0 Å². The van der Waals surface area contributed by atoms with Crippen LogP contribution in [-0.4, -0.2) is 50.3 Å². The zero-order valence-electron chi connectivity index (χ0n) is 17.0. The summed E-state index contributed by atoms with van der Waals surface area (Å²) >= 11 is 1.82. The molecule has 0 amide bonds. The average molecular weight is 398 g/mol. The van der Waals surface area contributed by atoms with Crippen molar-refractivity contribution in [2.75, 3.05) is 45.3 Å². The summed E-state index contributed by atoms with van der Waals surface area (Å²) in [6, 6.07) is 10.4. The molecule has 28 heavy (non-hydrogen) atoms. The van der Waals surface area contributed by atoms with E-state index in [1.165, 1.54) is 21.4 Å². The van der Waals surface area contributed by atoms with Gasteiger partial charge in [0, 0.05) is 38.3 Å². The first-order valence-electron chi connectivity index (χ1n) is 9.63. The molecule has 1 aliphatic heterocycles. The maximum atomic E-state index is 5.53. The minimum Gasteiger partial charge on any atom is -0.497 e. The van der Waals surface area contributed by atoms with Crippen LogP contribution in [0.3, 0.4) is 0 Å². The second-order valence-corrected chi connectivity index (χ2v) is 8.35. The molecule has 0 atom stereocenters. The van der Waals surface area contributed by atoms with Crippen molar-refractivity contribution in [3.8, 4) is 11.5 Å². The molecule has 0 N–H and O–H groups in total. The molecule has 0 radical (unpaired) electrons. The lowest BCUT2D eigenvalue weighted by Crippen LogP contribution is -2.45. The molecular weight excluding hydrogens is 370 g/mol. The molecule has 1 aromatic heterocycles. The van der Waals surface area contributed by atoms with Gasteiger partial charge >= 0.3 is 0 Å². The van der Waals surface area contributed by atoms with Gasteiger partial charge in [-0.05, 0) is 49.2 Å². The summed E-state index contributed by atoms with van der Waals surface area (Å²) < 4.78 is 12.2. The lowest BCUT2D eigenvalue weighted by atomic mass is 10.1. The van der Waals surface area contributed by atoms with E-state index in [0.29, 0.717) is 0 Å². The van der Waals surface area contributed by atoms with Gasteiger partial charge in [0.05, 0.1) is 24.4 Å². The monoisotopic (exact) mass is 397 g/mol. The number of rotatable bonds is 5. The summed E-state index contributed by atoms with van der Waals surface area (Å²) in [6.07, 6.45) is 0. The summed E-state index contributed by atoms with van der Waals surface area (Å²) in [7, 11) is 3.42. The summed E-state index contributed by atoms with van der Waals surface area (Å²) in [5.74, 6) is 1.79. The van der Waals surface area contributed by atoms with Crippen LogP contribution in [0.15, 0.2) is 30.3 Å². The Morgan fingerprint density at radius 2 is 1.79 bits per heavy atom. The predicted octanol–water partition coefficient (Wildman–Crippen LogP) is 4.25. The molecule has 6 heteroatoms. The van der Waals surface area contributed by atoms with E-state index in [1.54, 1.807) is 14.2 Å². The first-order chi connectivity index (χ1) is 13.6. The highest BCUT2D eigenvalue weighted by Gasteiger charge is 2.21. The number of fused-ring (bicyclic) bond motifs is 1. The number of piperazine rings is 1. The minimum atomic E-state index is 0.867. The van der Waals surface area contributed by atoms with Crippen LogP contribution < -0.4 is 14.4 Å². The Morgan fingerprint density at radius 1 is 1.00 bits per heavy atom. The zero-order chi connectivity index (χ0) is 19.7. The lowest BCUT2D eigenvalue weighted by molar-refractivity contribution is 0.245. The Labute approximate surface area is 170 Å². The highest BCUT2D eigenvalue weighted by molar-refractivity contribution is 7.22. The summed E-state index contributed by atoms with van der Waals surface area (Å²) in [5, 5.41) is 1.14. The highest BCUT2D eigenvalue weighted by Crippen LogP contribution is 2.33. The van der Waals surface area contributed by atoms with E-state index >= 15 is 0 Å². The summed E-state index contributed by atoms with van der Waals surface area (Å²) in [5.41, 5.74) is 4.89. The van der Waals surface area contributed by atoms with Crippen molar-refractivity contribution in [2.45, 2.75) is 20.4 Å². The minimum absolute atomic E-state index is 0.867. The fourth-order valence-electron chi connectivity index (χ4n) is 3.84. The van der Waals surface area contributed by atoms with Crippen molar-refractivity contribution in [3.05, 3.63) is 47.0 Å². The topological polar surface area (TPSA) is 37.8 Å². The van der Waals surface area contributed by atoms with Gasteiger partial charge in [0.2, 0.25) is 0 Å². The van der Waals surface area contributed by atoms with Crippen molar-refractivity contribution in [2.24, 2.45) is 0 Å². The molecule has 1 aliphatic rings. The van der Waals surface area contributed by atoms with Crippen molar-refractivity contribution in [3.63, 3.8) is 0 Å². The van der Waals surface area contributed by atoms with Crippen molar-refractivity contribution in [1.82, 2.24) is 9.88 Å². The number of anilines is 1. The first kappa shape index (κ1) is 19.0. The number of aryl methyl sites for hydroxylation is 2. The molecule has 1 fully saturated rings. The fourth-order valence-corrected chi connectivity index (χ4v) is 4.91. The standard InChI is InChI=1S/C22H27N3O2S/c1-15-11-16(2)21-19(12-15)23-22(28-21)25-9-7-24(8-10-25)14-17-13-18(26-3)5-6-20(17)27-4/h5-6,11-13H,7-10,14H2,1-4H3. The van der Waals surface area contributed by atoms with Gasteiger partial charge in [-0.2, -0.15) is 0 Å². The van der Waals surface area contributed by atoms with Gasteiger partial charge in [-0.15, -0.1) is 0 Å². The fraction of sp³-hybridized carbons (Fsp3) is 0.409. The molecule has 4 rings (SSSR count). The molecule has 0 unspecified atom stereocenters. The SMILES string of the molecule is COc1ccc(OC)c(CN2CCN(c3nc4cc(C)cc(C)c4s3)CC2)c1. The van der Waals surface area contributed by atoms with Crippen LogP contribution in [0.25, 0.3) is 10.2 Å². The van der Waals surface area contributed by atoms with Gasteiger partial charge in [0.1, 0.15) is 11.5 Å². The number of nitrogens with zero attached hydrogens (tertiary/aromatic N) is 3. The van der Waals surface area contributed by atoms with E-state index in [2.05, 4.69) is 41.8 Å². The Hall–Kier alpha value is -2.31. The Bertz CT molecular complexity index is 977. The lowest BCUT2D eigenvalue weighted by Gasteiger charge is -2.34. The number of aromatic nitrogens is 1. The van der Waals surface area contributed by atoms with Crippen molar-refractivity contribution < 1.29 is 9.47 Å².